The number of benzene rings is 2. The summed E-state index contributed by atoms with van der Waals surface area (Å²) >= 11 is 0. The van der Waals surface area contributed by atoms with Gasteiger partial charge in [-0.05, 0) is 49.2 Å². The third-order valence-corrected chi connectivity index (χ3v) is 5.41. The molecule has 0 aliphatic carbocycles. The monoisotopic (exact) mass is 390 g/mol. The van der Waals surface area contributed by atoms with Crippen molar-refractivity contribution >= 4 is 23.2 Å². The lowest BCUT2D eigenvalue weighted by atomic mass is 10.1. The summed E-state index contributed by atoms with van der Waals surface area (Å²) in [6.07, 6.45) is 0.710. The Hall–Kier alpha value is -3.61. The molecule has 2 heterocycles. The number of carbonyl (C=O) groups is 2. The first kappa shape index (κ1) is 18.7. The molecule has 0 unspecified atom stereocenters. The number of nitrogens with one attached hydrogen (secondary N) is 1. The Morgan fingerprint density at radius 3 is 2.48 bits per heavy atom. The number of rotatable bonds is 3. The molecule has 1 aliphatic heterocycles. The Morgan fingerprint density at radius 2 is 1.79 bits per heavy atom. The molecule has 7 nitrogen and oxygen atoms in total. The third kappa shape index (κ3) is 3.14. The van der Waals surface area contributed by atoms with Crippen LogP contribution < -0.4 is 15.8 Å². The standard InChI is InChI=1S/C22H22N4O3/c1-14-20(22(29)26(24(14)3)18-7-5-4-6-8-18)23-21(28)17-9-10-19-16(13-17)11-12-25(19)15(2)27/h4-10,13H,11-12H2,1-3H3,(H,23,28). The van der Waals surface area contributed by atoms with Crippen LogP contribution in [0.1, 0.15) is 28.5 Å². The molecule has 1 aliphatic rings. The first-order valence-electron chi connectivity index (χ1n) is 9.45. The highest BCUT2D eigenvalue weighted by molar-refractivity contribution is 6.05. The van der Waals surface area contributed by atoms with E-state index < -0.39 is 0 Å². The molecule has 4 rings (SSSR count). The predicted octanol–water partition coefficient (Wildman–Crippen LogP) is 2.65. The molecule has 3 aromatic rings. The maximum Gasteiger partial charge on any atom is 0.295 e. The second-order valence-electron chi connectivity index (χ2n) is 7.15. The lowest BCUT2D eigenvalue weighted by Gasteiger charge is -2.14. The van der Waals surface area contributed by atoms with Crippen molar-refractivity contribution in [3.05, 3.63) is 75.7 Å². The van der Waals surface area contributed by atoms with Crippen molar-refractivity contribution in [2.45, 2.75) is 20.3 Å². The summed E-state index contributed by atoms with van der Waals surface area (Å²) in [5.74, 6) is -0.359. The molecule has 0 fully saturated rings. The number of amides is 2. The van der Waals surface area contributed by atoms with Crippen molar-refractivity contribution in [1.29, 1.82) is 0 Å². The normalized spacial score (nSPS) is 12.7. The molecule has 1 N–H and O–H groups in total. The van der Waals surface area contributed by atoms with Crippen LogP contribution in [-0.4, -0.2) is 27.7 Å². The van der Waals surface area contributed by atoms with Crippen LogP contribution in [-0.2, 0) is 18.3 Å². The maximum absolute atomic E-state index is 13.0. The number of hydrogen-bond acceptors (Lipinski definition) is 3. The van der Waals surface area contributed by atoms with Gasteiger partial charge < -0.3 is 10.2 Å². The van der Waals surface area contributed by atoms with Gasteiger partial charge in [0, 0.05) is 31.8 Å². The largest absolute Gasteiger partial charge is 0.316 e. The van der Waals surface area contributed by atoms with Crippen molar-refractivity contribution in [1.82, 2.24) is 9.36 Å². The lowest BCUT2D eigenvalue weighted by Crippen LogP contribution is -2.25. The zero-order valence-electron chi connectivity index (χ0n) is 16.6. The Bertz CT molecular complexity index is 1170. The van der Waals surface area contributed by atoms with E-state index in [1.54, 1.807) is 41.8 Å². The van der Waals surface area contributed by atoms with Gasteiger partial charge in [0.25, 0.3) is 11.5 Å². The van der Waals surface area contributed by atoms with Crippen molar-refractivity contribution < 1.29 is 9.59 Å². The minimum Gasteiger partial charge on any atom is -0.316 e. The molecular weight excluding hydrogens is 368 g/mol. The van der Waals surface area contributed by atoms with Crippen molar-refractivity contribution in [2.24, 2.45) is 7.05 Å². The fourth-order valence-electron chi connectivity index (χ4n) is 3.77. The number of aromatic nitrogens is 2. The van der Waals surface area contributed by atoms with E-state index in [-0.39, 0.29) is 23.1 Å². The Kier molecular flexibility index (Phi) is 4.58. The summed E-state index contributed by atoms with van der Waals surface area (Å²) in [5.41, 5.74) is 3.63. The quantitative estimate of drug-likeness (QED) is 0.747. The number of carbonyl (C=O) groups excluding carboxylic acids is 2. The topological polar surface area (TPSA) is 76.3 Å². The lowest BCUT2D eigenvalue weighted by molar-refractivity contribution is -0.116. The fraction of sp³-hybridized carbons (Fsp3) is 0.227. The van der Waals surface area contributed by atoms with E-state index in [1.165, 1.54) is 11.6 Å². The maximum atomic E-state index is 13.0. The van der Waals surface area contributed by atoms with Gasteiger partial charge in [0.2, 0.25) is 5.91 Å². The highest BCUT2D eigenvalue weighted by Crippen LogP contribution is 2.29. The summed E-state index contributed by atoms with van der Waals surface area (Å²) in [5, 5.41) is 2.78. The van der Waals surface area contributed by atoms with Crippen molar-refractivity contribution in [3.63, 3.8) is 0 Å². The van der Waals surface area contributed by atoms with Crippen LogP contribution in [0.4, 0.5) is 11.4 Å². The van der Waals surface area contributed by atoms with Gasteiger partial charge >= 0.3 is 0 Å². The van der Waals surface area contributed by atoms with Crippen LogP contribution >= 0.6 is 0 Å². The Balaban J connectivity index is 1.65. The van der Waals surface area contributed by atoms with Gasteiger partial charge in [-0.15, -0.1) is 0 Å². The van der Waals surface area contributed by atoms with Gasteiger partial charge in [0.05, 0.1) is 11.4 Å². The van der Waals surface area contributed by atoms with Crippen LogP contribution in [0.3, 0.4) is 0 Å². The molecule has 148 valence electrons. The van der Waals surface area contributed by atoms with Crippen LogP contribution in [0.25, 0.3) is 5.69 Å². The third-order valence-electron chi connectivity index (χ3n) is 5.41. The van der Waals surface area contributed by atoms with E-state index in [9.17, 15) is 14.4 Å². The van der Waals surface area contributed by atoms with Gasteiger partial charge in [-0.2, -0.15) is 0 Å². The van der Waals surface area contributed by atoms with Gasteiger partial charge in [-0.3, -0.25) is 19.1 Å². The molecule has 2 aromatic carbocycles. The molecule has 0 radical (unpaired) electrons. The number of fused-ring (bicyclic) bond motifs is 1. The molecule has 0 saturated carbocycles. The number of nitrogens with zero attached hydrogens (tertiary/aromatic N) is 3. The zero-order chi connectivity index (χ0) is 20.7. The highest BCUT2D eigenvalue weighted by Gasteiger charge is 2.24. The summed E-state index contributed by atoms with van der Waals surface area (Å²) in [4.78, 5) is 39.2. The summed E-state index contributed by atoms with van der Waals surface area (Å²) in [6, 6.07) is 14.5. The SMILES string of the molecule is CC(=O)N1CCc2cc(C(=O)Nc3c(C)n(C)n(-c4ccccc4)c3=O)ccc21. The molecule has 29 heavy (non-hydrogen) atoms. The van der Waals surface area contributed by atoms with E-state index >= 15 is 0 Å². The first-order chi connectivity index (χ1) is 13.9. The van der Waals surface area contributed by atoms with Crippen LogP contribution in [0, 0.1) is 6.92 Å². The summed E-state index contributed by atoms with van der Waals surface area (Å²) < 4.78 is 3.25. The Morgan fingerprint density at radius 1 is 1.07 bits per heavy atom. The smallest absolute Gasteiger partial charge is 0.295 e. The summed E-state index contributed by atoms with van der Waals surface area (Å²) in [7, 11) is 1.78. The van der Waals surface area contributed by atoms with E-state index in [2.05, 4.69) is 5.32 Å². The molecule has 1 aromatic heterocycles. The number of hydrogen-bond donors (Lipinski definition) is 1. The van der Waals surface area contributed by atoms with E-state index in [4.69, 9.17) is 0 Å². The van der Waals surface area contributed by atoms with Crippen LogP contribution in [0.2, 0.25) is 0 Å². The van der Waals surface area contributed by atoms with Gasteiger partial charge in [0.15, 0.2) is 0 Å². The zero-order valence-corrected chi connectivity index (χ0v) is 16.6. The molecule has 7 heteroatoms. The Labute approximate surface area is 168 Å². The molecule has 0 bridgehead atoms. The second kappa shape index (κ2) is 7.09. The molecule has 0 saturated heterocycles. The van der Waals surface area contributed by atoms with E-state index in [1.807, 2.05) is 30.3 Å². The minimum absolute atomic E-state index is 0.0117. The van der Waals surface area contributed by atoms with Crippen LogP contribution in [0.15, 0.2) is 53.3 Å². The van der Waals surface area contributed by atoms with Gasteiger partial charge in [-0.1, -0.05) is 18.2 Å². The average molecular weight is 390 g/mol. The predicted molar refractivity (Wildman–Crippen MR) is 112 cm³/mol. The highest BCUT2D eigenvalue weighted by atomic mass is 16.2. The van der Waals surface area contributed by atoms with E-state index in [0.29, 0.717) is 24.2 Å². The van der Waals surface area contributed by atoms with Crippen LogP contribution in [0.5, 0.6) is 0 Å². The fourth-order valence-corrected chi connectivity index (χ4v) is 3.77. The van der Waals surface area contributed by atoms with Gasteiger partial charge in [0.1, 0.15) is 5.69 Å². The average Bonchev–Trinajstić information content (AvgIpc) is 3.23. The molecule has 0 atom stereocenters. The number of para-hydroxylation sites is 1. The van der Waals surface area contributed by atoms with Crippen molar-refractivity contribution in [3.8, 4) is 5.69 Å². The summed E-state index contributed by atoms with van der Waals surface area (Å²) in [6.45, 7) is 3.95. The van der Waals surface area contributed by atoms with Crippen molar-refractivity contribution in [2.75, 3.05) is 16.8 Å². The molecule has 0 spiro atoms. The van der Waals surface area contributed by atoms with E-state index in [0.717, 1.165) is 16.9 Å². The molecule has 2 amide bonds. The molecular formula is C22H22N4O3. The van der Waals surface area contributed by atoms with Gasteiger partial charge in [-0.25, -0.2) is 4.68 Å². The first-order valence-corrected chi connectivity index (χ1v) is 9.45. The number of anilines is 2. The minimum atomic E-state index is -0.347. The second-order valence-corrected chi connectivity index (χ2v) is 7.15.